The van der Waals surface area contributed by atoms with Gasteiger partial charge in [0.25, 0.3) is 0 Å². The van der Waals surface area contributed by atoms with Crippen LogP contribution in [0.1, 0.15) is 25.8 Å². The Morgan fingerprint density at radius 1 is 1.27 bits per heavy atom. The fourth-order valence-electron chi connectivity index (χ4n) is 3.61. The number of carbonyl (C=O) groups excluding carboxylic acids is 1. The standard InChI is InChI=1S/C20H22F3N5O2/c1-11(2)18(29)19(30)27-14-7-13(20(21,22)23)9-28(10-14)15-4-3-12(8-24)16-17(15)26-6-5-25-16/h3-6,11,13-14,18,29H,7,9-10H2,1-2H3,(H,27,30)/t13?,14?,18-/m0/s1. The Labute approximate surface area is 171 Å². The Morgan fingerprint density at radius 3 is 2.53 bits per heavy atom. The van der Waals surface area contributed by atoms with Gasteiger partial charge in [0.15, 0.2) is 0 Å². The molecule has 3 rings (SSSR count). The Balaban J connectivity index is 1.95. The van der Waals surface area contributed by atoms with Gasteiger partial charge in [-0.15, -0.1) is 0 Å². The molecule has 1 amide bonds. The van der Waals surface area contributed by atoms with Crippen molar-refractivity contribution in [2.75, 3.05) is 18.0 Å². The van der Waals surface area contributed by atoms with Crippen molar-refractivity contribution in [1.82, 2.24) is 15.3 Å². The Morgan fingerprint density at radius 2 is 1.93 bits per heavy atom. The van der Waals surface area contributed by atoms with Crippen LogP contribution in [0.15, 0.2) is 24.5 Å². The van der Waals surface area contributed by atoms with Crippen molar-refractivity contribution in [3.05, 3.63) is 30.1 Å². The zero-order chi connectivity index (χ0) is 22.1. The average Bonchev–Trinajstić information content (AvgIpc) is 2.71. The van der Waals surface area contributed by atoms with E-state index in [1.165, 1.54) is 23.4 Å². The number of nitrogens with one attached hydrogen (secondary N) is 1. The van der Waals surface area contributed by atoms with Crippen LogP contribution in [0.25, 0.3) is 11.0 Å². The summed E-state index contributed by atoms with van der Waals surface area (Å²) < 4.78 is 40.8. The molecule has 0 aliphatic carbocycles. The van der Waals surface area contributed by atoms with Gasteiger partial charge in [0.2, 0.25) is 5.91 Å². The number of nitrogens with zero attached hydrogens (tertiary/aromatic N) is 4. The number of aliphatic hydroxyl groups is 1. The normalized spacial score (nSPS) is 20.8. The second-order valence-electron chi connectivity index (χ2n) is 7.77. The molecule has 1 aliphatic rings. The third kappa shape index (κ3) is 4.46. The van der Waals surface area contributed by atoms with Crippen molar-refractivity contribution < 1.29 is 23.1 Å². The molecule has 0 radical (unpaired) electrons. The summed E-state index contributed by atoms with van der Waals surface area (Å²) in [5, 5.41) is 21.8. The minimum absolute atomic E-state index is 0.112. The average molecular weight is 421 g/mol. The minimum Gasteiger partial charge on any atom is -0.383 e. The third-order valence-corrected chi connectivity index (χ3v) is 5.22. The van der Waals surface area contributed by atoms with E-state index in [9.17, 15) is 28.3 Å². The molecule has 1 aromatic heterocycles. The second-order valence-corrected chi connectivity index (χ2v) is 7.77. The van der Waals surface area contributed by atoms with E-state index in [4.69, 9.17) is 0 Å². The second kappa shape index (κ2) is 8.44. The van der Waals surface area contributed by atoms with Gasteiger partial charge in [-0.1, -0.05) is 13.8 Å². The maximum absolute atomic E-state index is 13.6. The van der Waals surface area contributed by atoms with Gasteiger partial charge in [-0.2, -0.15) is 18.4 Å². The fraction of sp³-hybridized carbons (Fsp3) is 0.500. The number of anilines is 1. The summed E-state index contributed by atoms with van der Waals surface area (Å²) in [5.74, 6) is -2.72. The van der Waals surface area contributed by atoms with Crippen molar-refractivity contribution in [2.24, 2.45) is 11.8 Å². The Kier molecular flexibility index (Phi) is 6.12. The Hall–Kier alpha value is -2.93. The number of alkyl halides is 3. The first-order chi connectivity index (χ1) is 14.1. The molecule has 0 spiro atoms. The lowest BCUT2D eigenvalue weighted by atomic mass is 9.92. The van der Waals surface area contributed by atoms with Gasteiger partial charge in [-0.3, -0.25) is 14.8 Å². The van der Waals surface area contributed by atoms with Gasteiger partial charge in [0.1, 0.15) is 23.2 Å². The largest absolute Gasteiger partial charge is 0.393 e. The van der Waals surface area contributed by atoms with E-state index in [1.54, 1.807) is 19.9 Å². The molecule has 0 saturated carbocycles. The van der Waals surface area contributed by atoms with Gasteiger partial charge in [-0.05, 0) is 24.5 Å². The van der Waals surface area contributed by atoms with Gasteiger partial charge in [-0.25, -0.2) is 0 Å². The summed E-state index contributed by atoms with van der Waals surface area (Å²) in [5.41, 5.74) is 1.32. The van der Waals surface area contributed by atoms with Crippen LogP contribution in [0, 0.1) is 23.2 Å². The number of hydrogen-bond acceptors (Lipinski definition) is 6. The van der Waals surface area contributed by atoms with E-state index in [0.717, 1.165) is 0 Å². The number of fused-ring (bicyclic) bond motifs is 1. The molecule has 7 nitrogen and oxygen atoms in total. The summed E-state index contributed by atoms with van der Waals surface area (Å²) in [6.07, 6.45) is -3.21. The van der Waals surface area contributed by atoms with E-state index in [1.807, 2.05) is 6.07 Å². The van der Waals surface area contributed by atoms with Crippen LogP contribution in [-0.2, 0) is 4.79 Å². The molecule has 2 aromatic rings. The highest BCUT2D eigenvalue weighted by atomic mass is 19.4. The predicted octanol–water partition coefficient (Wildman–Crippen LogP) is 2.39. The monoisotopic (exact) mass is 421 g/mol. The van der Waals surface area contributed by atoms with Crippen molar-refractivity contribution in [2.45, 2.75) is 38.6 Å². The van der Waals surface area contributed by atoms with Crippen molar-refractivity contribution in [1.29, 1.82) is 5.26 Å². The number of aliphatic hydroxyl groups excluding tert-OH is 1. The van der Waals surface area contributed by atoms with E-state index in [2.05, 4.69) is 15.3 Å². The number of amides is 1. The lowest BCUT2D eigenvalue weighted by molar-refractivity contribution is -0.178. The molecule has 1 aliphatic heterocycles. The maximum atomic E-state index is 13.6. The molecule has 2 heterocycles. The first kappa shape index (κ1) is 21.8. The van der Waals surface area contributed by atoms with E-state index >= 15 is 0 Å². The Bertz CT molecular complexity index is 973. The molecule has 1 aromatic carbocycles. The minimum atomic E-state index is -4.45. The smallest absolute Gasteiger partial charge is 0.383 e. The molecule has 2 unspecified atom stereocenters. The third-order valence-electron chi connectivity index (χ3n) is 5.22. The zero-order valence-electron chi connectivity index (χ0n) is 16.5. The van der Waals surface area contributed by atoms with Gasteiger partial charge in [0, 0.05) is 31.5 Å². The van der Waals surface area contributed by atoms with Gasteiger partial charge in [0.05, 0.1) is 17.2 Å². The molecule has 3 atom stereocenters. The van der Waals surface area contributed by atoms with Crippen LogP contribution in [0.2, 0.25) is 0 Å². The molecular weight excluding hydrogens is 399 g/mol. The molecule has 1 fully saturated rings. The van der Waals surface area contributed by atoms with Crippen LogP contribution < -0.4 is 10.2 Å². The summed E-state index contributed by atoms with van der Waals surface area (Å²) in [6, 6.07) is 4.25. The highest BCUT2D eigenvalue weighted by Crippen LogP contribution is 2.37. The van der Waals surface area contributed by atoms with Crippen LogP contribution >= 0.6 is 0 Å². The summed E-state index contributed by atoms with van der Waals surface area (Å²) in [6.45, 7) is 3.11. The molecule has 2 N–H and O–H groups in total. The van der Waals surface area contributed by atoms with E-state index < -0.39 is 30.1 Å². The van der Waals surface area contributed by atoms with Crippen LogP contribution in [-0.4, -0.2) is 52.4 Å². The van der Waals surface area contributed by atoms with Crippen LogP contribution in [0.5, 0.6) is 0 Å². The van der Waals surface area contributed by atoms with Gasteiger partial charge >= 0.3 is 6.18 Å². The molecule has 30 heavy (non-hydrogen) atoms. The van der Waals surface area contributed by atoms with Crippen molar-refractivity contribution in [3.63, 3.8) is 0 Å². The zero-order valence-corrected chi connectivity index (χ0v) is 16.5. The first-order valence-corrected chi connectivity index (χ1v) is 9.55. The molecule has 0 bridgehead atoms. The molecule has 160 valence electrons. The summed E-state index contributed by atoms with van der Waals surface area (Å²) in [7, 11) is 0. The number of benzene rings is 1. The quantitative estimate of drug-likeness (QED) is 0.786. The number of aromatic nitrogens is 2. The van der Waals surface area contributed by atoms with Crippen LogP contribution in [0.3, 0.4) is 0 Å². The summed E-state index contributed by atoms with van der Waals surface area (Å²) >= 11 is 0. The predicted molar refractivity (Wildman–Crippen MR) is 103 cm³/mol. The van der Waals surface area contributed by atoms with Gasteiger partial charge < -0.3 is 15.3 Å². The number of rotatable bonds is 4. The van der Waals surface area contributed by atoms with E-state index in [0.29, 0.717) is 16.7 Å². The SMILES string of the molecule is CC(C)[C@H](O)C(=O)NC1CC(C(F)(F)F)CN(c2ccc(C#N)c3nccnc23)C1. The molecular formula is C20H22F3N5O2. The number of hydrogen-bond donors (Lipinski definition) is 2. The van der Waals surface area contributed by atoms with Crippen LogP contribution in [0.4, 0.5) is 18.9 Å². The molecule has 1 saturated heterocycles. The van der Waals surface area contributed by atoms with Crippen molar-refractivity contribution >= 4 is 22.6 Å². The number of nitriles is 1. The fourth-order valence-corrected chi connectivity index (χ4v) is 3.61. The number of carbonyl (C=O) groups is 1. The lowest BCUT2D eigenvalue weighted by Crippen LogP contribution is -2.55. The number of piperidine rings is 1. The van der Waals surface area contributed by atoms with Crippen molar-refractivity contribution in [3.8, 4) is 6.07 Å². The highest BCUT2D eigenvalue weighted by molar-refractivity contribution is 5.92. The highest BCUT2D eigenvalue weighted by Gasteiger charge is 2.45. The molecule has 10 heteroatoms. The first-order valence-electron chi connectivity index (χ1n) is 9.55. The lowest BCUT2D eigenvalue weighted by Gasteiger charge is -2.40. The topological polar surface area (TPSA) is 102 Å². The number of halogens is 3. The summed E-state index contributed by atoms with van der Waals surface area (Å²) in [4.78, 5) is 22.1. The van der Waals surface area contributed by atoms with E-state index in [-0.39, 0.29) is 31.0 Å². The maximum Gasteiger partial charge on any atom is 0.393 e.